The third-order valence-electron chi connectivity index (χ3n) is 2.94. The maximum absolute atomic E-state index is 12.5. The van der Waals surface area contributed by atoms with Crippen LogP contribution in [0.4, 0.5) is 0 Å². The maximum atomic E-state index is 12.5. The number of hydrogen-bond acceptors (Lipinski definition) is 4. The van der Waals surface area contributed by atoms with Crippen LogP contribution < -0.4 is 0 Å². The van der Waals surface area contributed by atoms with E-state index in [0.29, 0.717) is 12.2 Å². The van der Waals surface area contributed by atoms with Gasteiger partial charge in [0.2, 0.25) is 0 Å². The van der Waals surface area contributed by atoms with Crippen molar-refractivity contribution in [1.29, 1.82) is 0 Å². The highest BCUT2D eigenvalue weighted by Gasteiger charge is 2.31. The van der Waals surface area contributed by atoms with Crippen LogP contribution in [0, 0.1) is 11.8 Å². The highest BCUT2D eigenvalue weighted by atomic mass is 32.2. The molecular weight excluding hydrogens is 272 g/mol. The summed E-state index contributed by atoms with van der Waals surface area (Å²) in [4.78, 5) is 25.5. The van der Waals surface area contributed by atoms with Gasteiger partial charge in [-0.1, -0.05) is 32.9 Å². The summed E-state index contributed by atoms with van der Waals surface area (Å²) >= 11 is 1.72. The Morgan fingerprint density at radius 1 is 1.15 bits per heavy atom. The third kappa shape index (κ3) is 4.37. The Labute approximate surface area is 125 Å². The molecule has 1 unspecified atom stereocenters. The van der Waals surface area contributed by atoms with E-state index in [1.54, 1.807) is 30.8 Å². The molecule has 3 nitrogen and oxygen atoms in total. The molecule has 20 heavy (non-hydrogen) atoms. The van der Waals surface area contributed by atoms with Crippen molar-refractivity contribution in [1.82, 2.24) is 0 Å². The molecule has 0 aliphatic rings. The van der Waals surface area contributed by atoms with Crippen molar-refractivity contribution < 1.29 is 14.3 Å². The molecule has 1 atom stereocenters. The van der Waals surface area contributed by atoms with Crippen molar-refractivity contribution >= 4 is 23.5 Å². The lowest BCUT2D eigenvalue weighted by atomic mass is 9.88. The predicted octanol–water partition coefficient (Wildman–Crippen LogP) is 3.82. The minimum absolute atomic E-state index is 0.0776. The largest absolute Gasteiger partial charge is 0.465 e. The van der Waals surface area contributed by atoms with Crippen LogP contribution in [0.25, 0.3) is 0 Å². The van der Waals surface area contributed by atoms with Gasteiger partial charge in [0, 0.05) is 10.5 Å². The highest BCUT2D eigenvalue weighted by Crippen LogP contribution is 2.22. The van der Waals surface area contributed by atoms with E-state index in [0.717, 1.165) is 10.6 Å². The number of hydrogen-bond donors (Lipinski definition) is 0. The summed E-state index contributed by atoms with van der Waals surface area (Å²) in [5.41, 5.74) is 0.567. The Hall–Kier alpha value is -1.29. The van der Waals surface area contributed by atoms with Crippen molar-refractivity contribution in [3.8, 4) is 0 Å². The number of ketones is 1. The summed E-state index contributed by atoms with van der Waals surface area (Å²) in [5, 5.41) is 0. The first kappa shape index (κ1) is 16.8. The van der Waals surface area contributed by atoms with E-state index in [4.69, 9.17) is 4.74 Å². The first-order valence-corrected chi connectivity index (χ1v) is 7.93. The van der Waals surface area contributed by atoms with Gasteiger partial charge in [-0.3, -0.25) is 9.59 Å². The van der Waals surface area contributed by atoms with E-state index in [1.165, 1.54) is 0 Å². The fourth-order valence-electron chi connectivity index (χ4n) is 1.98. The van der Waals surface area contributed by atoms with Gasteiger partial charge in [0.15, 0.2) is 5.78 Å². The third-order valence-corrected chi connectivity index (χ3v) is 3.83. The van der Waals surface area contributed by atoms with Crippen molar-refractivity contribution in [3.63, 3.8) is 0 Å². The monoisotopic (exact) mass is 294 g/mol. The summed E-state index contributed by atoms with van der Waals surface area (Å²) in [6.45, 7) is 7.85. The van der Waals surface area contributed by atoms with Crippen LogP contribution in [0.15, 0.2) is 29.2 Å². The number of benzene rings is 1. The zero-order valence-corrected chi connectivity index (χ0v) is 13.3. The van der Waals surface area contributed by atoms with E-state index in [1.807, 2.05) is 26.0 Å². The molecule has 0 aromatic heterocycles. The van der Waals surface area contributed by atoms with Gasteiger partial charge in [-0.15, -0.1) is 11.8 Å². The summed E-state index contributed by atoms with van der Waals surface area (Å²) in [5.74, 6) is -0.401. The first-order valence-electron chi connectivity index (χ1n) is 6.94. The van der Waals surface area contributed by atoms with Gasteiger partial charge in [0.05, 0.1) is 6.61 Å². The van der Waals surface area contributed by atoms with Crippen LogP contribution in [0.3, 0.4) is 0 Å². The molecule has 0 amide bonds. The lowest BCUT2D eigenvalue weighted by Crippen LogP contribution is -2.30. The molecule has 1 aromatic carbocycles. The van der Waals surface area contributed by atoms with Crippen LogP contribution in [0.1, 0.15) is 38.1 Å². The van der Waals surface area contributed by atoms with Crippen LogP contribution in [-0.4, -0.2) is 24.1 Å². The number of thioether (sulfide) groups is 1. The number of carbonyl (C=O) groups excluding carboxylic acids is 2. The SMILES string of the molecule is CCOC(=O)C(C(=O)c1ccc(SCC)cc1)C(C)C. The second-order valence-electron chi connectivity index (χ2n) is 4.80. The Bertz CT molecular complexity index is 451. The Balaban J connectivity index is 2.91. The number of Topliss-reactive ketones (excluding diaryl/α,β-unsaturated/α-hetero) is 1. The van der Waals surface area contributed by atoms with E-state index in [9.17, 15) is 9.59 Å². The molecule has 0 aliphatic heterocycles. The summed E-state index contributed by atoms with van der Waals surface area (Å²) < 4.78 is 5.01. The average molecular weight is 294 g/mol. The van der Waals surface area contributed by atoms with Crippen molar-refractivity contribution in [3.05, 3.63) is 29.8 Å². The van der Waals surface area contributed by atoms with E-state index >= 15 is 0 Å². The summed E-state index contributed by atoms with van der Waals surface area (Å²) in [7, 11) is 0. The van der Waals surface area contributed by atoms with E-state index in [-0.39, 0.29) is 11.7 Å². The van der Waals surface area contributed by atoms with Gasteiger partial charge in [0.1, 0.15) is 5.92 Å². The zero-order chi connectivity index (χ0) is 15.1. The number of rotatable bonds is 7. The molecule has 1 rings (SSSR count). The minimum atomic E-state index is -0.723. The molecule has 0 bridgehead atoms. The van der Waals surface area contributed by atoms with Gasteiger partial charge in [-0.25, -0.2) is 0 Å². The molecule has 4 heteroatoms. The zero-order valence-electron chi connectivity index (χ0n) is 12.5. The maximum Gasteiger partial charge on any atom is 0.317 e. The molecule has 1 aromatic rings. The molecule has 110 valence electrons. The molecule has 0 spiro atoms. The predicted molar refractivity (Wildman–Crippen MR) is 82.1 cm³/mol. The topological polar surface area (TPSA) is 43.4 Å². The van der Waals surface area contributed by atoms with Gasteiger partial charge in [0.25, 0.3) is 0 Å². The molecule has 0 saturated carbocycles. The second kappa shape index (κ2) is 8.10. The van der Waals surface area contributed by atoms with Crippen LogP contribution >= 0.6 is 11.8 Å². The minimum Gasteiger partial charge on any atom is -0.465 e. The fourth-order valence-corrected chi connectivity index (χ4v) is 2.64. The van der Waals surface area contributed by atoms with E-state index in [2.05, 4.69) is 6.92 Å². The first-order chi connectivity index (χ1) is 9.51. The second-order valence-corrected chi connectivity index (χ2v) is 6.13. The Morgan fingerprint density at radius 2 is 1.75 bits per heavy atom. The van der Waals surface area contributed by atoms with Crippen LogP contribution in [0.5, 0.6) is 0 Å². The molecule has 0 aliphatic carbocycles. The molecule has 0 heterocycles. The quantitative estimate of drug-likeness (QED) is 0.332. The highest BCUT2D eigenvalue weighted by molar-refractivity contribution is 7.99. The standard InChI is InChI=1S/C16H22O3S/c1-5-19-16(18)14(11(3)4)15(17)12-7-9-13(10-8-12)20-6-2/h7-11,14H,5-6H2,1-4H3. The summed E-state index contributed by atoms with van der Waals surface area (Å²) in [6, 6.07) is 7.41. The number of carbonyl (C=O) groups is 2. The Kier molecular flexibility index (Phi) is 6.79. The lowest BCUT2D eigenvalue weighted by Gasteiger charge is -2.18. The Morgan fingerprint density at radius 3 is 2.20 bits per heavy atom. The number of esters is 1. The van der Waals surface area contributed by atoms with Gasteiger partial charge >= 0.3 is 5.97 Å². The molecule has 0 saturated heterocycles. The van der Waals surface area contributed by atoms with Crippen molar-refractivity contribution in [2.75, 3.05) is 12.4 Å². The van der Waals surface area contributed by atoms with Crippen LogP contribution in [-0.2, 0) is 9.53 Å². The van der Waals surface area contributed by atoms with Crippen LogP contribution in [0.2, 0.25) is 0 Å². The average Bonchev–Trinajstić information content (AvgIpc) is 2.40. The van der Waals surface area contributed by atoms with Crippen molar-refractivity contribution in [2.45, 2.75) is 32.6 Å². The molecule has 0 N–H and O–H groups in total. The molecule has 0 fully saturated rings. The van der Waals surface area contributed by atoms with Gasteiger partial charge in [-0.2, -0.15) is 0 Å². The van der Waals surface area contributed by atoms with E-state index < -0.39 is 11.9 Å². The number of ether oxygens (including phenoxy) is 1. The normalized spacial score (nSPS) is 12.2. The van der Waals surface area contributed by atoms with Crippen molar-refractivity contribution in [2.24, 2.45) is 11.8 Å². The smallest absolute Gasteiger partial charge is 0.317 e. The lowest BCUT2D eigenvalue weighted by molar-refractivity contribution is -0.147. The summed E-state index contributed by atoms with van der Waals surface area (Å²) in [6.07, 6.45) is 0. The molecule has 0 radical (unpaired) electrons. The fraction of sp³-hybridized carbons (Fsp3) is 0.500. The van der Waals surface area contributed by atoms with Gasteiger partial charge < -0.3 is 4.74 Å². The molecular formula is C16H22O3S. The van der Waals surface area contributed by atoms with Gasteiger partial charge in [-0.05, 0) is 30.7 Å².